The fraction of sp³-hybridized carbons (Fsp3) is 0.0870. The van der Waals surface area contributed by atoms with Crippen LogP contribution in [0.3, 0.4) is 0 Å². The molecule has 5 heteroatoms. The zero-order valence-electron chi connectivity index (χ0n) is 28.7. The van der Waals surface area contributed by atoms with Crippen molar-refractivity contribution in [3.05, 3.63) is 157 Å². The highest BCUT2D eigenvalue weighted by molar-refractivity contribution is 7.26. The molecule has 7 aromatic carbocycles. The number of para-hydroxylation sites is 2. The first-order valence-electron chi connectivity index (χ1n) is 17.5. The van der Waals surface area contributed by atoms with Crippen molar-refractivity contribution in [2.75, 3.05) is 4.90 Å². The van der Waals surface area contributed by atoms with Crippen LogP contribution in [0, 0.1) is 0 Å². The van der Waals surface area contributed by atoms with Crippen molar-refractivity contribution < 1.29 is 9.47 Å². The summed E-state index contributed by atoms with van der Waals surface area (Å²) >= 11 is 1.84. The number of fused-ring (bicyclic) bond motifs is 7. The predicted octanol–water partition coefficient (Wildman–Crippen LogP) is 11.2. The molecule has 10 rings (SSSR count). The van der Waals surface area contributed by atoms with E-state index in [2.05, 4.69) is 177 Å². The number of hydrogen-bond acceptors (Lipinski definition) is 4. The standard InChI is InChI=1S/C46H34BNO2S/c1-46(2,3)30-21-23-31(24-22-30)48(45-33(29-13-5-4-6-14-29)25-26-42-43(45)34-15-7-12-20-41(34)51-42)32-27-39-44-40(28-32)50-38-19-11-9-17-36(38)47(44)35-16-8-10-18-37(35)49-39/h4-28H,1-3H3. The van der Waals surface area contributed by atoms with Gasteiger partial charge in [-0.2, -0.15) is 0 Å². The van der Waals surface area contributed by atoms with Gasteiger partial charge in [0.2, 0.25) is 0 Å². The van der Waals surface area contributed by atoms with Crippen LogP contribution in [-0.2, 0) is 5.41 Å². The van der Waals surface area contributed by atoms with Crippen LogP contribution >= 0.6 is 11.3 Å². The lowest BCUT2D eigenvalue weighted by atomic mass is 9.35. The molecule has 244 valence electrons. The molecule has 2 aliphatic heterocycles. The van der Waals surface area contributed by atoms with E-state index in [0.29, 0.717) is 0 Å². The zero-order chi connectivity index (χ0) is 34.3. The summed E-state index contributed by atoms with van der Waals surface area (Å²) in [7, 11) is 0. The highest BCUT2D eigenvalue weighted by Gasteiger charge is 2.40. The van der Waals surface area contributed by atoms with E-state index in [4.69, 9.17) is 9.47 Å². The molecular formula is C46H34BNO2S. The molecular weight excluding hydrogens is 641 g/mol. The fourth-order valence-electron chi connectivity index (χ4n) is 7.91. The predicted molar refractivity (Wildman–Crippen MR) is 216 cm³/mol. The summed E-state index contributed by atoms with van der Waals surface area (Å²) in [6.07, 6.45) is 0. The number of anilines is 3. The van der Waals surface area contributed by atoms with Gasteiger partial charge in [0.15, 0.2) is 0 Å². The van der Waals surface area contributed by atoms with E-state index >= 15 is 0 Å². The lowest BCUT2D eigenvalue weighted by Gasteiger charge is -2.35. The summed E-state index contributed by atoms with van der Waals surface area (Å²) in [5.74, 6) is 3.40. The zero-order valence-corrected chi connectivity index (χ0v) is 29.5. The Balaban J connectivity index is 1.29. The van der Waals surface area contributed by atoms with Crippen molar-refractivity contribution in [1.82, 2.24) is 0 Å². The van der Waals surface area contributed by atoms with Gasteiger partial charge >= 0.3 is 0 Å². The van der Waals surface area contributed by atoms with Crippen molar-refractivity contribution in [3.63, 3.8) is 0 Å². The highest BCUT2D eigenvalue weighted by Crippen LogP contribution is 2.51. The van der Waals surface area contributed by atoms with E-state index in [0.717, 1.165) is 67.6 Å². The van der Waals surface area contributed by atoms with Crippen LogP contribution in [0.1, 0.15) is 26.3 Å². The van der Waals surface area contributed by atoms with Gasteiger partial charge in [-0.3, -0.25) is 0 Å². The van der Waals surface area contributed by atoms with Crippen LogP contribution < -0.4 is 30.8 Å². The largest absolute Gasteiger partial charge is 0.458 e. The summed E-state index contributed by atoms with van der Waals surface area (Å²) in [6, 6.07) is 54.4. The Kier molecular flexibility index (Phi) is 6.71. The van der Waals surface area contributed by atoms with Crippen LogP contribution in [0.15, 0.2) is 152 Å². The molecule has 51 heavy (non-hydrogen) atoms. The third-order valence-electron chi connectivity index (χ3n) is 10.4. The van der Waals surface area contributed by atoms with Gasteiger partial charge in [0.1, 0.15) is 23.0 Å². The van der Waals surface area contributed by atoms with E-state index in [-0.39, 0.29) is 12.1 Å². The lowest BCUT2D eigenvalue weighted by molar-refractivity contribution is 0.465. The summed E-state index contributed by atoms with van der Waals surface area (Å²) in [6.45, 7) is 6.81. The van der Waals surface area contributed by atoms with Gasteiger partial charge in [0.05, 0.1) is 11.4 Å². The minimum Gasteiger partial charge on any atom is -0.458 e. The fourth-order valence-corrected chi connectivity index (χ4v) is 9.02. The SMILES string of the molecule is CC(C)(C)c1ccc(N(c2cc3c4c(c2)Oc2ccccc2B4c2ccccc2O3)c2c(-c3ccccc3)ccc3sc4ccccc4c23)cc1. The minimum atomic E-state index is 0.0163. The molecule has 0 bridgehead atoms. The van der Waals surface area contributed by atoms with Crippen molar-refractivity contribution in [2.24, 2.45) is 0 Å². The van der Waals surface area contributed by atoms with Crippen LogP contribution in [0.25, 0.3) is 31.3 Å². The molecule has 0 fully saturated rings. The van der Waals surface area contributed by atoms with Gasteiger partial charge < -0.3 is 14.4 Å². The highest BCUT2D eigenvalue weighted by atomic mass is 32.1. The maximum Gasteiger partial charge on any atom is 0.260 e. The van der Waals surface area contributed by atoms with Gasteiger partial charge in [0.25, 0.3) is 6.71 Å². The first kappa shape index (κ1) is 30.1. The average molecular weight is 676 g/mol. The van der Waals surface area contributed by atoms with Crippen molar-refractivity contribution >= 4 is 71.7 Å². The molecule has 0 aliphatic carbocycles. The van der Waals surface area contributed by atoms with Gasteiger partial charge in [-0.05, 0) is 63.9 Å². The van der Waals surface area contributed by atoms with E-state index in [9.17, 15) is 0 Å². The second-order valence-corrected chi connectivity index (χ2v) is 15.6. The maximum atomic E-state index is 6.82. The third kappa shape index (κ3) is 4.80. The second kappa shape index (κ2) is 11.4. The Labute approximate surface area is 302 Å². The molecule has 1 aromatic heterocycles. The van der Waals surface area contributed by atoms with Crippen LogP contribution in [-0.4, -0.2) is 6.71 Å². The van der Waals surface area contributed by atoms with Crippen molar-refractivity contribution in [1.29, 1.82) is 0 Å². The Bertz CT molecular complexity index is 2570. The van der Waals surface area contributed by atoms with Crippen LogP contribution in [0.5, 0.6) is 23.0 Å². The topological polar surface area (TPSA) is 21.7 Å². The van der Waals surface area contributed by atoms with Crippen LogP contribution in [0.2, 0.25) is 0 Å². The van der Waals surface area contributed by atoms with Gasteiger partial charge in [-0.15, -0.1) is 11.3 Å². The third-order valence-corrected chi connectivity index (χ3v) is 11.5. The van der Waals surface area contributed by atoms with Crippen LogP contribution in [0.4, 0.5) is 17.1 Å². The Morgan fingerprint density at radius 3 is 1.82 bits per heavy atom. The Hall–Kier alpha value is -5.78. The monoisotopic (exact) mass is 675 g/mol. The minimum absolute atomic E-state index is 0.0163. The molecule has 0 spiro atoms. The maximum absolute atomic E-state index is 6.82. The van der Waals surface area contributed by atoms with Gasteiger partial charge in [0, 0.05) is 49.0 Å². The second-order valence-electron chi connectivity index (χ2n) is 14.5. The number of ether oxygens (including phenoxy) is 2. The molecule has 0 saturated carbocycles. The summed E-state index contributed by atoms with van der Waals surface area (Å²) in [4.78, 5) is 2.43. The molecule has 0 unspecified atom stereocenters. The molecule has 0 atom stereocenters. The van der Waals surface area contributed by atoms with E-state index in [1.54, 1.807) is 0 Å². The number of benzene rings is 7. The quantitative estimate of drug-likeness (QED) is 0.173. The molecule has 0 radical (unpaired) electrons. The number of nitrogens with zero attached hydrogens (tertiary/aromatic N) is 1. The average Bonchev–Trinajstić information content (AvgIpc) is 3.54. The van der Waals surface area contributed by atoms with E-state index in [1.165, 1.54) is 25.7 Å². The Morgan fingerprint density at radius 2 is 1.16 bits per heavy atom. The van der Waals surface area contributed by atoms with E-state index in [1.807, 2.05) is 11.3 Å². The smallest absolute Gasteiger partial charge is 0.260 e. The lowest BCUT2D eigenvalue weighted by Crippen LogP contribution is -2.57. The molecule has 2 aliphatic rings. The molecule has 0 saturated heterocycles. The number of hydrogen-bond donors (Lipinski definition) is 0. The summed E-state index contributed by atoms with van der Waals surface area (Å²) < 4.78 is 16.2. The summed E-state index contributed by atoms with van der Waals surface area (Å²) in [5.41, 5.74) is 10.2. The first-order chi connectivity index (χ1) is 24.9. The molecule has 0 amide bonds. The van der Waals surface area contributed by atoms with E-state index < -0.39 is 0 Å². The first-order valence-corrected chi connectivity index (χ1v) is 18.4. The number of thiophene rings is 1. The molecule has 3 heterocycles. The van der Waals surface area contributed by atoms with Gasteiger partial charge in [-0.25, -0.2) is 0 Å². The Morgan fingerprint density at radius 1 is 0.549 bits per heavy atom. The summed E-state index contributed by atoms with van der Waals surface area (Å²) in [5, 5.41) is 2.48. The van der Waals surface area contributed by atoms with Crippen molar-refractivity contribution in [3.8, 4) is 34.1 Å². The van der Waals surface area contributed by atoms with Crippen molar-refractivity contribution in [2.45, 2.75) is 26.2 Å². The number of rotatable bonds is 4. The normalized spacial score (nSPS) is 12.9. The molecule has 8 aromatic rings. The molecule has 0 N–H and O–H groups in total. The van der Waals surface area contributed by atoms with Gasteiger partial charge in [-0.1, -0.05) is 124 Å². The molecule has 3 nitrogen and oxygen atoms in total.